The van der Waals surface area contributed by atoms with Gasteiger partial charge in [-0.15, -0.1) is 0 Å². The Kier molecular flexibility index (Phi) is 7.81. The van der Waals surface area contributed by atoms with E-state index >= 15 is 0 Å². The van der Waals surface area contributed by atoms with Gasteiger partial charge in [0.05, 0.1) is 0 Å². The molecule has 0 amide bonds. The molecule has 3 aromatic carbocycles. The van der Waals surface area contributed by atoms with Crippen molar-refractivity contribution in [1.29, 1.82) is 0 Å². The van der Waals surface area contributed by atoms with Crippen LogP contribution in [0.3, 0.4) is 0 Å². The molecule has 1 nitrogen and oxygen atoms in total. The maximum absolute atomic E-state index is 7.20. The Balaban J connectivity index is 2.46. The third kappa shape index (κ3) is 6.97. The van der Waals surface area contributed by atoms with E-state index in [2.05, 4.69) is 152 Å². The molecule has 0 saturated heterocycles. The molecule has 3 aromatic rings. The van der Waals surface area contributed by atoms with E-state index in [9.17, 15) is 0 Å². The van der Waals surface area contributed by atoms with E-state index in [1.807, 2.05) is 0 Å². The fraction of sp³-hybridized carbons (Fsp3) is 0.526. The van der Waals surface area contributed by atoms with Crippen molar-refractivity contribution in [2.45, 2.75) is 131 Å². The zero-order valence-corrected chi connectivity index (χ0v) is 27.7. The molecule has 1 heteroatoms. The quantitative estimate of drug-likeness (QED) is 0.331. The first-order chi connectivity index (χ1) is 17.4. The van der Waals surface area contributed by atoms with Gasteiger partial charge in [0.2, 0.25) is 0 Å². The Morgan fingerprint density at radius 1 is 0.333 bits per heavy atom. The van der Waals surface area contributed by atoms with Crippen molar-refractivity contribution in [1.82, 2.24) is 0 Å². The summed E-state index contributed by atoms with van der Waals surface area (Å²) in [7, 11) is 0. The van der Waals surface area contributed by atoms with Crippen molar-refractivity contribution in [3.63, 3.8) is 0 Å². The van der Waals surface area contributed by atoms with E-state index in [-0.39, 0.29) is 27.1 Å². The maximum atomic E-state index is 7.20. The molecule has 0 unspecified atom stereocenters. The van der Waals surface area contributed by atoms with Gasteiger partial charge in [-0.25, -0.2) is 0 Å². The third-order valence-electron chi connectivity index (χ3n) is 8.00. The van der Waals surface area contributed by atoms with Gasteiger partial charge in [-0.1, -0.05) is 140 Å². The topological polar surface area (TPSA) is 26.0 Å². The molecule has 0 aliphatic carbocycles. The molecule has 0 bridgehead atoms. The molecule has 212 valence electrons. The zero-order chi connectivity index (χ0) is 29.9. The molecular weight excluding hydrogens is 470 g/mol. The first kappa shape index (κ1) is 31.0. The lowest BCUT2D eigenvalue weighted by Crippen LogP contribution is -2.17. The van der Waals surface area contributed by atoms with Crippen LogP contribution in [0.1, 0.15) is 132 Å². The van der Waals surface area contributed by atoms with Gasteiger partial charge < -0.3 is 5.73 Å². The molecule has 3 rings (SSSR count). The molecule has 0 spiro atoms. The Morgan fingerprint density at radius 2 is 0.538 bits per heavy atom. The molecule has 0 heterocycles. The summed E-state index contributed by atoms with van der Waals surface area (Å²) < 4.78 is 0. The lowest BCUT2D eigenvalue weighted by atomic mass is 9.76. The van der Waals surface area contributed by atoms with E-state index < -0.39 is 0 Å². The minimum Gasteiger partial charge on any atom is -0.398 e. The number of hydrogen-bond donors (Lipinski definition) is 1. The van der Waals surface area contributed by atoms with Crippen molar-refractivity contribution < 1.29 is 0 Å². The Hall–Kier alpha value is -2.54. The molecule has 0 saturated carbocycles. The average molecular weight is 526 g/mol. The molecule has 0 radical (unpaired) electrons. The second-order valence-electron chi connectivity index (χ2n) is 16.8. The summed E-state index contributed by atoms with van der Waals surface area (Å²) >= 11 is 0. The van der Waals surface area contributed by atoms with Gasteiger partial charge in [-0.2, -0.15) is 0 Å². The molecule has 0 fully saturated rings. The number of rotatable bonds is 2. The maximum Gasteiger partial charge on any atom is 0.0473 e. The highest BCUT2D eigenvalue weighted by atomic mass is 14.6. The summed E-state index contributed by atoms with van der Waals surface area (Å²) in [5.74, 6) is 0. The fourth-order valence-corrected chi connectivity index (χ4v) is 4.86. The van der Waals surface area contributed by atoms with Crippen molar-refractivity contribution in [2.75, 3.05) is 5.73 Å². The molecule has 0 aromatic heterocycles. The molecular formula is C38H55N. The highest BCUT2D eigenvalue weighted by Gasteiger charge is 2.26. The predicted molar refractivity (Wildman–Crippen MR) is 175 cm³/mol. The van der Waals surface area contributed by atoms with Crippen molar-refractivity contribution in [3.8, 4) is 22.3 Å². The molecule has 39 heavy (non-hydrogen) atoms. The summed E-state index contributed by atoms with van der Waals surface area (Å²) in [5, 5.41) is 0. The number of benzene rings is 3. The van der Waals surface area contributed by atoms with Crippen LogP contribution in [0.4, 0.5) is 5.69 Å². The lowest BCUT2D eigenvalue weighted by Gasteiger charge is -2.29. The lowest BCUT2D eigenvalue weighted by molar-refractivity contribution is 0.568. The van der Waals surface area contributed by atoms with Crippen molar-refractivity contribution >= 4 is 5.69 Å². The Morgan fingerprint density at radius 3 is 0.744 bits per heavy atom. The monoisotopic (exact) mass is 525 g/mol. The molecule has 2 N–H and O–H groups in total. The summed E-state index contributed by atoms with van der Waals surface area (Å²) in [4.78, 5) is 0. The van der Waals surface area contributed by atoms with Gasteiger partial charge in [0.25, 0.3) is 0 Å². The van der Waals surface area contributed by atoms with Gasteiger partial charge >= 0.3 is 0 Å². The van der Waals surface area contributed by atoms with Crippen LogP contribution in [-0.2, 0) is 27.1 Å². The van der Waals surface area contributed by atoms with Crippen molar-refractivity contribution in [2.24, 2.45) is 0 Å². The van der Waals surface area contributed by atoms with Gasteiger partial charge in [-0.05, 0) is 78.2 Å². The molecule has 0 aliphatic rings. The predicted octanol–water partition coefficient (Wildman–Crippen LogP) is 11.1. The van der Waals surface area contributed by atoms with Crippen LogP contribution in [0.2, 0.25) is 0 Å². The molecule has 0 atom stereocenters. The largest absolute Gasteiger partial charge is 0.398 e. The normalized spacial score (nSPS) is 13.6. The van der Waals surface area contributed by atoms with Crippen LogP contribution in [0, 0.1) is 0 Å². The third-order valence-corrected chi connectivity index (χ3v) is 8.00. The van der Waals surface area contributed by atoms with Crippen molar-refractivity contribution in [3.05, 3.63) is 76.3 Å². The highest BCUT2D eigenvalue weighted by molar-refractivity contribution is 5.90. The smallest absolute Gasteiger partial charge is 0.0473 e. The summed E-state index contributed by atoms with van der Waals surface area (Å²) in [5.41, 5.74) is 19.6. The van der Waals surface area contributed by atoms with Crippen LogP contribution in [0.5, 0.6) is 0 Å². The van der Waals surface area contributed by atoms with E-state index in [0.29, 0.717) is 0 Å². The first-order valence-corrected chi connectivity index (χ1v) is 14.7. The Bertz CT molecular complexity index is 1190. The number of hydrogen-bond acceptors (Lipinski definition) is 1. The second-order valence-corrected chi connectivity index (χ2v) is 16.8. The van der Waals surface area contributed by atoms with Gasteiger partial charge in [0.1, 0.15) is 0 Å². The SMILES string of the molecule is CC(C)(C)c1cc(-c2cc(C(C)(C)C)cc(-c3cc(C(C)(C)C)cc(C(C)(C)C)c3)c2N)cc(C(C)(C)C)c1. The molecule has 0 aliphatic heterocycles. The van der Waals surface area contributed by atoms with Crippen LogP contribution in [0.25, 0.3) is 22.3 Å². The summed E-state index contributed by atoms with van der Waals surface area (Å²) in [6, 6.07) is 18.9. The Labute approximate surface area is 240 Å². The van der Waals surface area contributed by atoms with Crippen LogP contribution >= 0.6 is 0 Å². The van der Waals surface area contributed by atoms with Crippen LogP contribution in [-0.4, -0.2) is 0 Å². The first-order valence-electron chi connectivity index (χ1n) is 14.7. The summed E-state index contributed by atoms with van der Waals surface area (Å²) in [6.07, 6.45) is 0. The van der Waals surface area contributed by atoms with E-state index in [4.69, 9.17) is 5.73 Å². The number of anilines is 1. The summed E-state index contributed by atoms with van der Waals surface area (Å²) in [6.45, 7) is 34.4. The van der Waals surface area contributed by atoms with Gasteiger partial charge in [-0.3, -0.25) is 0 Å². The standard InChI is InChI=1S/C38H55N/c1-34(2,3)26-16-24(17-27(20-26)35(4,5)6)31-22-30(38(13,14)15)23-32(33(31)39)25-18-28(36(7,8)9)21-29(19-25)37(10,11)12/h16-23H,39H2,1-15H3. The number of nitrogen functional groups attached to an aromatic ring is 1. The minimum atomic E-state index is -0.0137. The average Bonchev–Trinajstić information content (AvgIpc) is 2.75. The van der Waals surface area contributed by atoms with E-state index in [1.165, 1.54) is 38.9 Å². The van der Waals surface area contributed by atoms with Gasteiger partial charge in [0.15, 0.2) is 0 Å². The van der Waals surface area contributed by atoms with Crippen LogP contribution in [0.15, 0.2) is 48.5 Å². The van der Waals surface area contributed by atoms with E-state index in [0.717, 1.165) is 16.8 Å². The van der Waals surface area contributed by atoms with Crippen LogP contribution < -0.4 is 5.73 Å². The number of nitrogens with two attached hydrogens (primary N) is 1. The highest BCUT2D eigenvalue weighted by Crippen LogP contribution is 2.43. The van der Waals surface area contributed by atoms with E-state index in [1.54, 1.807) is 0 Å². The minimum absolute atomic E-state index is 0.0137. The fourth-order valence-electron chi connectivity index (χ4n) is 4.86. The zero-order valence-electron chi connectivity index (χ0n) is 27.7. The van der Waals surface area contributed by atoms with Gasteiger partial charge in [0, 0.05) is 16.8 Å². The second kappa shape index (κ2) is 9.83.